The van der Waals surface area contributed by atoms with E-state index in [4.69, 9.17) is 4.42 Å². The number of furan rings is 1. The number of amides is 2. The van der Waals surface area contributed by atoms with E-state index >= 15 is 0 Å². The largest absolute Gasteiger partial charge is 0.472 e. The van der Waals surface area contributed by atoms with Crippen LogP contribution in [-0.2, 0) is 7.05 Å². The first kappa shape index (κ1) is 17.5. The minimum absolute atomic E-state index is 0.0958. The first-order valence-corrected chi connectivity index (χ1v) is 9.34. The fourth-order valence-corrected chi connectivity index (χ4v) is 4.35. The van der Waals surface area contributed by atoms with Gasteiger partial charge < -0.3 is 18.8 Å². The summed E-state index contributed by atoms with van der Waals surface area (Å²) in [4.78, 5) is 46.5. The molecule has 0 bridgehead atoms. The predicted molar refractivity (Wildman–Crippen MR) is 100 cm³/mol. The Bertz CT molecular complexity index is 1070. The molecule has 1 saturated heterocycles. The van der Waals surface area contributed by atoms with E-state index in [2.05, 4.69) is 4.98 Å². The van der Waals surface area contributed by atoms with Crippen LogP contribution in [0.2, 0.25) is 0 Å². The molecule has 0 radical (unpaired) electrons. The van der Waals surface area contributed by atoms with Crippen LogP contribution in [0.15, 0.2) is 34.1 Å². The maximum atomic E-state index is 13.0. The second kappa shape index (κ2) is 6.66. The molecule has 8 nitrogen and oxygen atoms in total. The van der Waals surface area contributed by atoms with E-state index in [-0.39, 0.29) is 17.4 Å². The van der Waals surface area contributed by atoms with Crippen molar-refractivity contribution in [3.05, 3.63) is 51.3 Å². The van der Waals surface area contributed by atoms with Gasteiger partial charge in [-0.3, -0.25) is 14.4 Å². The zero-order valence-electron chi connectivity index (χ0n) is 15.0. The molecule has 0 atom stereocenters. The predicted octanol–water partition coefficient (Wildman–Crippen LogP) is 1.49. The van der Waals surface area contributed by atoms with Crippen LogP contribution in [0.4, 0.5) is 0 Å². The SMILES string of the molecule is Cc1c(C(=O)N2CCN(C(=O)c3ccoc3)CC2)sc2ncn(C)c(=O)c12. The summed E-state index contributed by atoms with van der Waals surface area (Å²) in [5, 5.41) is 0.502. The van der Waals surface area contributed by atoms with E-state index in [1.54, 1.807) is 29.8 Å². The number of aromatic nitrogens is 2. The van der Waals surface area contributed by atoms with Gasteiger partial charge in [0.1, 0.15) is 11.1 Å². The Morgan fingerprint density at radius 3 is 2.44 bits per heavy atom. The number of aryl methyl sites for hydroxylation is 2. The van der Waals surface area contributed by atoms with Gasteiger partial charge >= 0.3 is 0 Å². The first-order valence-electron chi connectivity index (χ1n) is 8.53. The topological polar surface area (TPSA) is 88.7 Å². The Morgan fingerprint density at radius 2 is 1.81 bits per heavy atom. The molecule has 27 heavy (non-hydrogen) atoms. The first-order chi connectivity index (χ1) is 13.0. The van der Waals surface area contributed by atoms with Gasteiger partial charge in [0.05, 0.1) is 28.4 Å². The van der Waals surface area contributed by atoms with Gasteiger partial charge in [-0.2, -0.15) is 0 Å². The van der Waals surface area contributed by atoms with Gasteiger partial charge in [-0.25, -0.2) is 4.98 Å². The van der Waals surface area contributed by atoms with Gasteiger partial charge in [-0.05, 0) is 18.6 Å². The summed E-state index contributed by atoms with van der Waals surface area (Å²) in [5.41, 5.74) is 1.03. The van der Waals surface area contributed by atoms with Crippen LogP contribution < -0.4 is 5.56 Å². The molecule has 0 saturated carbocycles. The van der Waals surface area contributed by atoms with E-state index in [1.807, 2.05) is 0 Å². The standard InChI is InChI=1S/C18H18N4O4S/c1-11-13-15(19-10-20(2)17(13)24)27-14(11)18(25)22-6-4-21(5-7-22)16(23)12-3-8-26-9-12/h3,8-10H,4-7H2,1-2H3. The Kier molecular flexibility index (Phi) is 4.31. The van der Waals surface area contributed by atoms with Crippen molar-refractivity contribution in [3.63, 3.8) is 0 Å². The Balaban J connectivity index is 1.52. The van der Waals surface area contributed by atoms with Crippen molar-refractivity contribution in [2.24, 2.45) is 7.05 Å². The van der Waals surface area contributed by atoms with E-state index in [1.165, 1.54) is 34.8 Å². The average molecular weight is 386 g/mol. The summed E-state index contributed by atoms with van der Waals surface area (Å²) < 4.78 is 6.37. The van der Waals surface area contributed by atoms with Crippen molar-refractivity contribution in [1.82, 2.24) is 19.4 Å². The molecular weight excluding hydrogens is 368 g/mol. The summed E-state index contributed by atoms with van der Waals surface area (Å²) in [7, 11) is 1.64. The third-order valence-electron chi connectivity index (χ3n) is 4.83. The fraction of sp³-hybridized carbons (Fsp3) is 0.333. The van der Waals surface area contributed by atoms with Crippen LogP contribution >= 0.6 is 11.3 Å². The minimum Gasteiger partial charge on any atom is -0.472 e. The lowest BCUT2D eigenvalue weighted by molar-refractivity contribution is 0.0537. The molecular formula is C18H18N4O4S. The number of nitrogens with zero attached hydrogens (tertiary/aromatic N) is 4. The zero-order chi connectivity index (χ0) is 19.1. The normalized spacial score (nSPS) is 14.7. The molecule has 0 unspecified atom stereocenters. The molecule has 4 rings (SSSR count). The highest BCUT2D eigenvalue weighted by Gasteiger charge is 2.28. The Morgan fingerprint density at radius 1 is 1.15 bits per heavy atom. The summed E-state index contributed by atoms with van der Waals surface area (Å²) in [6, 6.07) is 1.63. The lowest BCUT2D eigenvalue weighted by Crippen LogP contribution is -2.50. The minimum atomic E-state index is -0.150. The van der Waals surface area contributed by atoms with Gasteiger partial charge in [-0.15, -0.1) is 11.3 Å². The molecule has 0 aromatic carbocycles. The zero-order valence-corrected chi connectivity index (χ0v) is 15.8. The summed E-state index contributed by atoms with van der Waals surface area (Å²) in [6.45, 7) is 3.59. The van der Waals surface area contributed by atoms with Crippen molar-refractivity contribution in [3.8, 4) is 0 Å². The lowest BCUT2D eigenvalue weighted by atomic mass is 10.2. The second-order valence-electron chi connectivity index (χ2n) is 6.49. The summed E-state index contributed by atoms with van der Waals surface area (Å²) >= 11 is 1.25. The highest BCUT2D eigenvalue weighted by Crippen LogP contribution is 2.28. The molecule has 3 aromatic rings. The van der Waals surface area contributed by atoms with Crippen molar-refractivity contribution in [2.75, 3.05) is 26.2 Å². The van der Waals surface area contributed by atoms with Crippen molar-refractivity contribution < 1.29 is 14.0 Å². The van der Waals surface area contributed by atoms with Crippen LogP contribution in [0.1, 0.15) is 25.6 Å². The molecule has 0 aliphatic carbocycles. The van der Waals surface area contributed by atoms with Gasteiger partial charge in [-0.1, -0.05) is 0 Å². The number of carbonyl (C=O) groups is 2. The maximum absolute atomic E-state index is 13.0. The molecule has 1 fully saturated rings. The highest BCUT2D eigenvalue weighted by molar-refractivity contribution is 7.20. The Hall–Kier alpha value is -2.94. The monoisotopic (exact) mass is 386 g/mol. The smallest absolute Gasteiger partial charge is 0.264 e. The third kappa shape index (κ3) is 2.93. The number of fused-ring (bicyclic) bond motifs is 1. The number of piperazine rings is 1. The van der Waals surface area contributed by atoms with Gasteiger partial charge in [0.2, 0.25) is 0 Å². The molecule has 1 aliphatic rings. The molecule has 0 spiro atoms. The molecule has 0 N–H and O–H groups in total. The third-order valence-corrected chi connectivity index (χ3v) is 6.01. The number of hydrogen-bond acceptors (Lipinski definition) is 6. The van der Waals surface area contributed by atoms with Crippen LogP contribution in [0.25, 0.3) is 10.2 Å². The summed E-state index contributed by atoms with van der Waals surface area (Å²) in [6.07, 6.45) is 4.36. The van der Waals surface area contributed by atoms with Crippen molar-refractivity contribution in [1.29, 1.82) is 0 Å². The van der Waals surface area contributed by atoms with Crippen LogP contribution in [0, 0.1) is 6.92 Å². The molecule has 3 aromatic heterocycles. The molecule has 4 heterocycles. The number of hydrogen-bond donors (Lipinski definition) is 0. The van der Waals surface area contributed by atoms with Crippen LogP contribution in [0.3, 0.4) is 0 Å². The maximum Gasteiger partial charge on any atom is 0.264 e. The molecule has 140 valence electrons. The second-order valence-corrected chi connectivity index (χ2v) is 7.49. The highest BCUT2D eigenvalue weighted by atomic mass is 32.1. The average Bonchev–Trinajstić information content (AvgIpc) is 3.32. The van der Waals surface area contributed by atoms with E-state index in [9.17, 15) is 14.4 Å². The quantitative estimate of drug-likeness (QED) is 0.666. The van der Waals surface area contributed by atoms with E-state index < -0.39 is 0 Å². The van der Waals surface area contributed by atoms with Crippen LogP contribution in [-0.4, -0.2) is 57.3 Å². The molecule has 1 aliphatic heterocycles. The number of rotatable bonds is 2. The van der Waals surface area contributed by atoms with Gasteiger partial charge in [0, 0.05) is 33.2 Å². The van der Waals surface area contributed by atoms with Gasteiger partial charge in [0.15, 0.2) is 0 Å². The number of carbonyl (C=O) groups excluding carboxylic acids is 2. The fourth-order valence-electron chi connectivity index (χ4n) is 3.24. The number of thiophene rings is 1. The van der Waals surface area contributed by atoms with E-state index in [0.717, 1.165) is 0 Å². The van der Waals surface area contributed by atoms with Crippen LogP contribution in [0.5, 0.6) is 0 Å². The van der Waals surface area contributed by atoms with Gasteiger partial charge in [0.25, 0.3) is 17.4 Å². The molecule has 9 heteroatoms. The van der Waals surface area contributed by atoms with Crippen molar-refractivity contribution in [2.45, 2.75) is 6.92 Å². The Labute approximate surface area is 158 Å². The lowest BCUT2D eigenvalue weighted by Gasteiger charge is -2.34. The summed E-state index contributed by atoms with van der Waals surface area (Å²) in [5.74, 6) is -0.213. The van der Waals surface area contributed by atoms with E-state index in [0.29, 0.717) is 52.4 Å². The van der Waals surface area contributed by atoms with Crippen molar-refractivity contribution >= 4 is 33.4 Å². The molecule has 2 amide bonds.